The Morgan fingerprint density at radius 1 is 0.770 bits per heavy atom. The zero-order chi connectivity index (χ0) is 54.5. The molecule has 0 radical (unpaired) electrons. The quantitative estimate of drug-likeness (QED) is 0.0493. The van der Waals surface area contributed by atoms with Crippen molar-refractivity contribution in [2.75, 3.05) is 26.9 Å². The number of allylic oxidation sites excluding steroid dienone is 2. The fraction of sp³-hybridized carbons (Fsp3) is 0.742. The van der Waals surface area contributed by atoms with Gasteiger partial charge in [-0.1, -0.05) is 155 Å². The molecule has 3 aliphatic rings. The van der Waals surface area contributed by atoms with Gasteiger partial charge >= 0.3 is 0 Å². The molecular weight excluding hydrogens is 973 g/mol. The maximum absolute atomic E-state index is 7.76. The number of benzene rings is 2. The third-order valence-electron chi connectivity index (χ3n) is 17.6. The van der Waals surface area contributed by atoms with Crippen molar-refractivity contribution in [3.8, 4) is 0 Å². The summed E-state index contributed by atoms with van der Waals surface area (Å²) in [6, 6.07) is 28.7. The number of ether oxygens (including phenoxy) is 6. The molecule has 2 aliphatic heterocycles. The highest BCUT2D eigenvalue weighted by atomic mass is 28.4. The highest BCUT2D eigenvalue weighted by Gasteiger charge is 2.57. The number of hydrogen-bond donors (Lipinski definition) is 0. The molecule has 11 atom stereocenters. The van der Waals surface area contributed by atoms with Gasteiger partial charge in [-0.25, -0.2) is 0 Å². The summed E-state index contributed by atoms with van der Waals surface area (Å²) in [5.41, 5.74) is 2.61. The standard InChI is InChI=1S/C62H106O9Si3/c1-19-64-50(12)67-53-42-52(39-46(8)38-47(9)44-66-72(20-2,21-3)22-4)62(65-45-53)43-58(68-61(16,17)71-62)49(11)59(70-73(23-5,24-6)25-7)48(10)40-51-36-37-56(57(41-51)63-18)69-74(60(13,14)15,54-32-28-26-29-33-54)55-34-30-27-31-35-55/h26-35,39-40,47,49-53,56-59H,19-25,36-38,41-45H2,1-18H3/b46-39+,48-40+/t47-,49+,50?,51-,52-,53+,56+,57+,58-,59+,62+/m0/s1. The van der Waals surface area contributed by atoms with Gasteiger partial charge < -0.3 is 41.7 Å². The van der Waals surface area contributed by atoms with E-state index in [1.807, 2.05) is 21.0 Å². The monoisotopic (exact) mass is 1080 g/mol. The predicted molar refractivity (Wildman–Crippen MR) is 314 cm³/mol. The van der Waals surface area contributed by atoms with E-state index in [9.17, 15) is 0 Å². The molecule has 1 spiro atoms. The van der Waals surface area contributed by atoms with Crippen LogP contribution in [0.1, 0.15) is 156 Å². The van der Waals surface area contributed by atoms with Gasteiger partial charge in [-0.2, -0.15) is 0 Å². The molecule has 0 bridgehead atoms. The second kappa shape index (κ2) is 27.9. The minimum atomic E-state index is -2.79. The van der Waals surface area contributed by atoms with Crippen LogP contribution in [0.3, 0.4) is 0 Å². The van der Waals surface area contributed by atoms with E-state index >= 15 is 0 Å². The van der Waals surface area contributed by atoms with Crippen LogP contribution in [0, 0.1) is 23.7 Å². The summed E-state index contributed by atoms with van der Waals surface area (Å²) in [6.07, 6.45) is 9.18. The first kappa shape index (κ1) is 63.0. The summed E-state index contributed by atoms with van der Waals surface area (Å²) in [5, 5.41) is 2.48. The highest BCUT2D eigenvalue weighted by Crippen LogP contribution is 2.49. The van der Waals surface area contributed by atoms with Gasteiger partial charge in [-0.05, 0) is 143 Å². The molecule has 420 valence electrons. The van der Waals surface area contributed by atoms with Crippen molar-refractivity contribution in [2.45, 2.75) is 246 Å². The minimum Gasteiger partial charge on any atom is -0.417 e. The van der Waals surface area contributed by atoms with Crippen molar-refractivity contribution in [3.05, 3.63) is 84.0 Å². The van der Waals surface area contributed by atoms with Crippen LogP contribution in [-0.2, 0) is 41.7 Å². The largest absolute Gasteiger partial charge is 0.417 e. The Labute approximate surface area is 455 Å². The molecule has 2 aromatic carbocycles. The Balaban J connectivity index is 1.47. The topological polar surface area (TPSA) is 83.1 Å². The number of rotatable bonds is 27. The van der Waals surface area contributed by atoms with Gasteiger partial charge in [0.25, 0.3) is 8.32 Å². The highest BCUT2D eigenvalue weighted by molar-refractivity contribution is 6.99. The zero-order valence-corrected chi connectivity index (χ0v) is 53.0. The second-order valence-corrected chi connectivity index (χ2v) is 38.0. The molecule has 1 saturated carbocycles. The first-order valence-electron chi connectivity index (χ1n) is 29.3. The van der Waals surface area contributed by atoms with E-state index in [1.54, 1.807) is 0 Å². The summed E-state index contributed by atoms with van der Waals surface area (Å²) >= 11 is 0. The second-order valence-electron chi connectivity index (χ2n) is 24.2. The van der Waals surface area contributed by atoms with E-state index in [-0.39, 0.29) is 53.7 Å². The number of hydrogen-bond acceptors (Lipinski definition) is 9. The van der Waals surface area contributed by atoms with E-state index in [0.29, 0.717) is 31.5 Å². The van der Waals surface area contributed by atoms with Crippen molar-refractivity contribution in [1.29, 1.82) is 0 Å². The third-order valence-corrected chi connectivity index (χ3v) is 32.0. The molecule has 0 N–H and O–H groups in total. The third kappa shape index (κ3) is 15.5. The lowest BCUT2D eigenvalue weighted by Gasteiger charge is -2.55. The molecule has 74 heavy (non-hydrogen) atoms. The van der Waals surface area contributed by atoms with E-state index in [1.165, 1.54) is 21.5 Å². The lowest BCUT2D eigenvalue weighted by atomic mass is 9.78. The summed E-state index contributed by atoms with van der Waals surface area (Å²) in [5.74, 6) is -1.19. The van der Waals surface area contributed by atoms with E-state index in [2.05, 4.69) is 177 Å². The molecule has 3 fully saturated rings. The molecule has 2 heterocycles. The molecule has 2 saturated heterocycles. The smallest absolute Gasteiger partial charge is 0.261 e. The Bertz CT molecular complexity index is 1960. The van der Waals surface area contributed by atoms with Crippen molar-refractivity contribution in [2.24, 2.45) is 23.7 Å². The van der Waals surface area contributed by atoms with Crippen LogP contribution in [0.4, 0.5) is 0 Å². The van der Waals surface area contributed by atoms with Crippen molar-refractivity contribution in [3.63, 3.8) is 0 Å². The fourth-order valence-electron chi connectivity index (χ4n) is 13.0. The minimum absolute atomic E-state index is 0.00874. The normalized spacial score (nSPS) is 27.2. The van der Waals surface area contributed by atoms with Crippen LogP contribution < -0.4 is 10.4 Å². The fourth-order valence-corrected chi connectivity index (χ4v) is 23.4. The van der Waals surface area contributed by atoms with E-state index < -0.39 is 36.5 Å². The Kier molecular flexibility index (Phi) is 23.8. The Hall–Kier alpha value is -1.79. The lowest BCUT2D eigenvalue weighted by Crippen LogP contribution is -2.68. The number of methoxy groups -OCH3 is 1. The summed E-state index contributed by atoms with van der Waals surface area (Å²) in [6.45, 7) is 40.2. The molecule has 1 aliphatic carbocycles. The van der Waals surface area contributed by atoms with Gasteiger partial charge in [0.1, 0.15) is 0 Å². The molecule has 2 aromatic rings. The van der Waals surface area contributed by atoms with Crippen LogP contribution in [0.2, 0.25) is 41.3 Å². The van der Waals surface area contributed by atoms with Gasteiger partial charge in [-0.3, -0.25) is 0 Å². The molecule has 9 nitrogen and oxygen atoms in total. The van der Waals surface area contributed by atoms with E-state index in [0.717, 1.165) is 75.0 Å². The van der Waals surface area contributed by atoms with Crippen LogP contribution >= 0.6 is 0 Å². The maximum atomic E-state index is 7.76. The maximum Gasteiger partial charge on any atom is 0.261 e. The average Bonchev–Trinajstić information content (AvgIpc) is 3.37. The van der Waals surface area contributed by atoms with Gasteiger partial charge in [0.05, 0.1) is 37.1 Å². The lowest BCUT2D eigenvalue weighted by molar-refractivity contribution is -0.430. The zero-order valence-electron chi connectivity index (χ0n) is 50.0. The predicted octanol–water partition coefficient (Wildman–Crippen LogP) is 14.8. The summed E-state index contributed by atoms with van der Waals surface area (Å²) < 4.78 is 62.5. The molecule has 12 heteroatoms. The van der Waals surface area contributed by atoms with Crippen LogP contribution in [0.15, 0.2) is 84.0 Å². The molecule has 0 aromatic heterocycles. The molecule has 0 amide bonds. The van der Waals surface area contributed by atoms with Gasteiger partial charge in [0, 0.05) is 38.6 Å². The van der Waals surface area contributed by atoms with Crippen molar-refractivity contribution < 1.29 is 41.7 Å². The van der Waals surface area contributed by atoms with Crippen molar-refractivity contribution in [1.82, 2.24) is 0 Å². The summed E-state index contributed by atoms with van der Waals surface area (Å²) in [7, 11) is -4.71. The SMILES string of the molecule is CCOC(C)O[C@H]1CO[C@@]2(C[C@@H]([C@@H](C)[C@H](O[Si](CC)(CC)CC)/C(C)=C/[C@@H]3CC[C@@H](O[Si](c4ccccc4)(c4ccccc4)C(C)(C)C)[C@H](OC)C3)OC(C)(C)O2)[C@@H](/C=C(\C)C[C@H](C)CO[Si](CC)(CC)CC)C1. The van der Waals surface area contributed by atoms with Crippen LogP contribution in [0.25, 0.3) is 0 Å². The Morgan fingerprint density at radius 3 is 1.88 bits per heavy atom. The molecular formula is C62H106O9Si3. The Morgan fingerprint density at radius 2 is 1.35 bits per heavy atom. The van der Waals surface area contributed by atoms with Crippen LogP contribution in [-0.4, -0.2) is 100 Å². The van der Waals surface area contributed by atoms with Crippen molar-refractivity contribution >= 4 is 35.3 Å². The first-order chi connectivity index (χ1) is 35.1. The summed E-state index contributed by atoms with van der Waals surface area (Å²) in [4.78, 5) is 0. The van der Waals surface area contributed by atoms with E-state index in [4.69, 9.17) is 41.7 Å². The molecule has 5 rings (SSSR count). The first-order valence-corrected chi connectivity index (χ1v) is 36.3. The average molecular weight is 1080 g/mol. The molecule has 1 unspecified atom stereocenters. The van der Waals surface area contributed by atoms with Crippen LogP contribution in [0.5, 0.6) is 0 Å². The van der Waals surface area contributed by atoms with Gasteiger partial charge in [0.2, 0.25) is 0 Å². The van der Waals surface area contributed by atoms with Gasteiger partial charge in [0.15, 0.2) is 34.5 Å². The van der Waals surface area contributed by atoms with Gasteiger partial charge in [-0.15, -0.1) is 0 Å².